The predicted octanol–water partition coefficient (Wildman–Crippen LogP) is 2.29. The predicted molar refractivity (Wildman–Crippen MR) is 92.5 cm³/mol. The van der Waals surface area contributed by atoms with Crippen molar-refractivity contribution in [3.8, 4) is 0 Å². The maximum absolute atomic E-state index is 13.2. The Morgan fingerprint density at radius 1 is 1.26 bits per heavy atom. The fourth-order valence-corrected chi connectivity index (χ4v) is 3.58. The Kier molecular flexibility index (Phi) is 5.45. The van der Waals surface area contributed by atoms with Gasteiger partial charge in [-0.3, -0.25) is 14.9 Å². The second kappa shape index (κ2) is 7.78. The first kappa shape index (κ1) is 18.9. The molecule has 1 unspecified atom stereocenters. The number of rotatable bonds is 5. The third-order valence-electron chi connectivity index (χ3n) is 4.09. The Bertz CT molecular complexity index is 882. The number of hydrogen-bond donors (Lipinski definition) is 2. The lowest BCUT2D eigenvalue weighted by molar-refractivity contribution is -0.148. The monoisotopic (exact) mass is 395 g/mol. The summed E-state index contributed by atoms with van der Waals surface area (Å²) in [7, 11) is 0. The number of hydrogen-bond acceptors (Lipinski definition) is 5. The number of nitrogens with one attached hydrogen (secondary N) is 1. The lowest BCUT2D eigenvalue weighted by Crippen LogP contribution is -2.41. The van der Waals surface area contributed by atoms with Crippen molar-refractivity contribution < 1.29 is 28.3 Å². The molecule has 1 aromatic carbocycles. The molecule has 10 heteroatoms. The van der Waals surface area contributed by atoms with Gasteiger partial charge in [-0.15, -0.1) is 11.3 Å². The normalized spacial score (nSPS) is 16.4. The van der Waals surface area contributed by atoms with Crippen LogP contribution in [-0.2, 0) is 16.0 Å². The van der Waals surface area contributed by atoms with E-state index in [0.29, 0.717) is 31.1 Å². The summed E-state index contributed by atoms with van der Waals surface area (Å²) in [5.41, 5.74) is 0.184. The van der Waals surface area contributed by atoms with E-state index in [1.807, 2.05) is 0 Å². The van der Waals surface area contributed by atoms with Crippen molar-refractivity contribution in [2.75, 3.05) is 11.9 Å². The zero-order valence-corrected chi connectivity index (χ0v) is 14.8. The highest BCUT2D eigenvalue weighted by Gasteiger charge is 2.33. The highest BCUT2D eigenvalue weighted by atomic mass is 32.1. The quantitative estimate of drug-likeness (QED) is 0.809. The molecule has 0 aliphatic carbocycles. The molecule has 1 fully saturated rings. The number of carboxylic acid groups (broad SMARTS) is 1. The molecule has 2 N–H and O–H groups in total. The van der Waals surface area contributed by atoms with E-state index in [1.54, 1.807) is 5.38 Å². The van der Waals surface area contributed by atoms with Gasteiger partial charge in [0, 0.05) is 23.6 Å². The van der Waals surface area contributed by atoms with E-state index >= 15 is 0 Å². The van der Waals surface area contributed by atoms with Crippen molar-refractivity contribution in [3.63, 3.8) is 0 Å². The molecule has 2 amide bonds. The molecule has 0 saturated carbocycles. The number of anilines is 1. The first-order valence-corrected chi connectivity index (χ1v) is 8.95. The summed E-state index contributed by atoms with van der Waals surface area (Å²) in [5, 5.41) is 13.3. The molecule has 7 nitrogen and oxygen atoms in total. The first-order chi connectivity index (χ1) is 12.8. The molecule has 2 heterocycles. The smallest absolute Gasteiger partial charge is 0.326 e. The molecule has 1 saturated heterocycles. The van der Waals surface area contributed by atoms with Crippen LogP contribution in [0.25, 0.3) is 0 Å². The van der Waals surface area contributed by atoms with Crippen molar-refractivity contribution >= 4 is 34.3 Å². The van der Waals surface area contributed by atoms with Gasteiger partial charge in [0.2, 0.25) is 5.91 Å². The van der Waals surface area contributed by atoms with E-state index in [-0.39, 0.29) is 23.0 Å². The Morgan fingerprint density at radius 2 is 1.96 bits per heavy atom. The zero-order valence-electron chi connectivity index (χ0n) is 13.9. The van der Waals surface area contributed by atoms with Crippen LogP contribution in [0.3, 0.4) is 0 Å². The van der Waals surface area contributed by atoms with Gasteiger partial charge in [-0.25, -0.2) is 18.6 Å². The molecule has 142 valence electrons. The number of benzene rings is 1. The van der Waals surface area contributed by atoms with Crippen LogP contribution in [-0.4, -0.2) is 45.4 Å². The molecule has 1 aliphatic heterocycles. The molecule has 0 spiro atoms. The number of aromatic nitrogens is 1. The molecule has 3 rings (SSSR count). The topological polar surface area (TPSA) is 99.6 Å². The number of carboxylic acids is 1. The number of carbonyl (C=O) groups is 3. The van der Waals surface area contributed by atoms with Gasteiger partial charge < -0.3 is 10.0 Å². The average molecular weight is 395 g/mol. The van der Waals surface area contributed by atoms with Crippen molar-refractivity contribution in [2.45, 2.75) is 25.3 Å². The van der Waals surface area contributed by atoms with Gasteiger partial charge in [0.15, 0.2) is 5.13 Å². The average Bonchev–Trinajstić information content (AvgIpc) is 3.23. The Hall–Kier alpha value is -2.88. The molecule has 2 aromatic rings. The van der Waals surface area contributed by atoms with Gasteiger partial charge in [-0.05, 0) is 25.0 Å². The second-order valence-corrected chi connectivity index (χ2v) is 6.87. The SMILES string of the molecule is O=C(Nc1nc(CC(=O)N2CCCC2C(=O)O)cs1)c1cc(F)cc(F)c1. The Labute approximate surface area is 156 Å². The number of carbonyl (C=O) groups excluding carboxylic acids is 2. The van der Waals surface area contributed by atoms with Gasteiger partial charge in [-0.1, -0.05) is 0 Å². The summed E-state index contributed by atoms with van der Waals surface area (Å²) in [6.07, 6.45) is 0.958. The summed E-state index contributed by atoms with van der Waals surface area (Å²) in [6, 6.07) is 1.64. The van der Waals surface area contributed by atoms with Gasteiger partial charge in [-0.2, -0.15) is 0 Å². The summed E-state index contributed by atoms with van der Waals surface area (Å²) in [5.74, 6) is -3.86. The summed E-state index contributed by atoms with van der Waals surface area (Å²) in [6.45, 7) is 0.384. The number of likely N-dealkylation sites (tertiary alicyclic amines) is 1. The van der Waals surface area contributed by atoms with Crippen LogP contribution in [0.4, 0.5) is 13.9 Å². The van der Waals surface area contributed by atoms with Crippen LogP contribution in [0, 0.1) is 11.6 Å². The van der Waals surface area contributed by atoms with Gasteiger partial charge in [0.05, 0.1) is 12.1 Å². The number of halogens is 2. The van der Waals surface area contributed by atoms with Crippen LogP contribution >= 0.6 is 11.3 Å². The first-order valence-electron chi connectivity index (χ1n) is 8.07. The molecule has 0 bridgehead atoms. The van der Waals surface area contributed by atoms with Crippen LogP contribution in [0.1, 0.15) is 28.9 Å². The number of amides is 2. The zero-order chi connectivity index (χ0) is 19.6. The fraction of sp³-hybridized carbons (Fsp3) is 0.294. The van der Waals surface area contributed by atoms with E-state index in [4.69, 9.17) is 5.11 Å². The molecular weight excluding hydrogens is 380 g/mol. The van der Waals surface area contributed by atoms with Crippen molar-refractivity contribution in [1.82, 2.24) is 9.88 Å². The molecule has 1 atom stereocenters. The van der Waals surface area contributed by atoms with Crippen molar-refractivity contribution in [3.05, 3.63) is 46.5 Å². The van der Waals surface area contributed by atoms with Crippen LogP contribution in [0.2, 0.25) is 0 Å². The number of aliphatic carboxylic acids is 1. The lowest BCUT2D eigenvalue weighted by atomic mass is 10.2. The highest BCUT2D eigenvalue weighted by molar-refractivity contribution is 7.14. The van der Waals surface area contributed by atoms with Gasteiger partial charge in [0.1, 0.15) is 17.7 Å². The van der Waals surface area contributed by atoms with Crippen LogP contribution in [0.5, 0.6) is 0 Å². The molecule has 1 aliphatic rings. The minimum absolute atomic E-state index is 0.0925. The van der Waals surface area contributed by atoms with E-state index in [2.05, 4.69) is 10.3 Å². The standard InChI is InChI=1S/C17H15F2N3O4S/c18-10-4-9(5-11(19)6-10)15(24)21-17-20-12(8-27-17)7-14(23)22-3-1-2-13(22)16(25)26/h4-6,8,13H,1-3,7H2,(H,25,26)(H,20,21,24). The van der Waals surface area contributed by atoms with Crippen molar-refractivity contribution in [1.29, 1.82) is 0 Å². The number of nitrogens with zero attached hydrogens (tertiary/aromatic N) is 2. The third-order valence-corrected chi connectivity index (χ3v) is 4.89. The van der Waals surface area contributed by atoms with Crippen LogP contribution < -0.4 is 5.32 Å². The summed E-state index contributed by atoms with van der Waals surface area (Å²) >= 11 is 1.05. The Balaban J connectivity index is 1.63. The maximum atomic E-state index is 13.2. The van der Waals surface area contributed by atoms with E-state index in [1.165, 1.54) is 4.90 Å². The van der Waals surface area contributed by atoms with E-state index in [0.717, 1.165) is 23.5 Å². The third kappa shape index (κ3) is 4.45. The van der Waals surface area contributed by atoms with Gasteiger partial charge in [0.25, 0.3) is 5.91 Å². The van der Waals surface area contributed by atoms with Gasteiger partial charge >= 0.3 is 5.97 Å². The second-order valence-electron chi connectivity index (χ2n) is 6.02. The lowest BCUT2D eigenvalue weighted by Gasteiger charge is -2.20. The number of thiazole rings is 1. The van der Waals surface area contributed by atoms with E-state index in [9.17, 15) is 23.2 Å². The summed E-state index contributed by atoms with van der Waals surface area (Å²) in [4.78, 5) is 41.0. The fourth-order valence-electron chi connectivity index (χ4n) is 2.88. The largest absolute Gasteiger partial charge is 0.480 e. The minimum atomic E-state index is -1.03. The Morgan fingerprint density at radius 3 is 2.63 bits per heavy atom. The van der Waals surface area contributed by atoms with Crippen molar-refractivity contribution in [2.24, 2.45) is 0 Å². The highest BCUT2D eigenvalue weighted by Crippen LogP contribution is 2.21. The molecule has 27 heavy (non-hydrogen) atoms. The molecular formula is C17H15F2N3O4S. The van der Waals surface area contributed by atoms with E-state index < -0.39 is 29.6 Å². The summed E-state index contributed by atoms with van der Waals surface area (Å²) < 4.78 is 26.4. The molecule has 1 aromatic heterocycles. The minimum Gasteiger partial charge on any atom is -0.480 e. The molecule has 0 radical (unpaired) electrons. The van der Waals surface area contributed by atoms with Crippen LogP contribution in [0.15, 0.2) is 23.6 Å². The maximum Gasteiger partial charge on any atom is 0.326 e.